The van der Waals surface area contributed by atoms with E-state index in [0.29, 0.717) is 10.0 Å². The predicted molar refractivity (Wildman–Crippen MR) is 77.4 cm³/mol. The number of nitrogens with zero attached hydrogens (tertiary/aromatic N) is 1. The van der Waals surface area contributed by atoms with E-state index in [4.69, 9.17) is 23.2 Å². The van der Waals surface area contributed by atoms with Crippen molar-refractivity contribution in [3.05, 3.63) is 57.6 Å². The van der Waals surface area contributed by atoms with Crippen LogP contribution in [0.2, 0.25) is 10.0 Å². The minimum absolute atomic E-state index is 0.100. The number of aromatic nitrogens is 1. The molecular formula is C14H13Cl2FN2. The van der Waals surface area contributed by atoms with Crippen molar-refractivity contribution in [3.8, 4) is 0 Å². The molecule has 0 saturated carbocycles. The van der Waals surface area contributed by atoms with Gasteiger partial charge in [-0.3, -0.25) is 4.98 Å². The molecule has 0 aliphatic heterocycles. The zero-order valence-electron chi connectivity index (χ0n) is 10.5. The highest BCUT2D eigenvalue weighted by atomic mass is 35.5. The molecule has 2 nitrogen and oxygen atoms in total. The Morgan fingerprint density at radius 3 is 2.58 bits per heavy atom. The lowest BCUT2D eigenvalue weighted by atomic mass is 10.1. The number of anilines is 1. The second kappa shape index (κ2) is 5.76. The Bertz CT molecular complexity index is 585. The highest BCUT2D eigenvalue weighted by Crippen LogP contribution is 2.31. The summed E-state index contributed by atoms with van der Waals surface area (Å²) >= 11 is 12.2. The van der Waals surface area contributed by atoms with Gasteiger partial charge in [0.2, 0.25) is 0 Å². The molecule has 0 spiro atoms. The van der Waals surface area contributed by atoms with Gasteiger partial charge in [-0.1, -0.05) is 23.2 Å². The lowest BCUT2D eigenvalue weighted by Crippen LogP contribution is -2.09. The SMILES string of the molecule is Cc1cc(Cl)c(NC(C)c2ccc(F)cn2)cc1Cl. The van der Waals surface area contributed by atoms with E-state index in [9.17, 15) is 4.39 Å². The molecule has 1 aromatic carbocycles. The first-order chi connectivity index (χ1) is 8.97. The lowest BCUT2D eigenvalue weighted by Gasteiger charge is -2.16. The van der Waals surface area contributed by atoms with Gasteiger partial charge in [0.25, 0.3) is 0 Å². The summed E-state index contributed by atoms with van der Waals surface area (Å²) in [6.07, 6.45) is 1.19. The van der Waals surface area contributed by atoms with Crippen LogP contribution < -0.4 is 5.32 Å². The van der Waals surface area contributed by atoms with Crippen molar-refractivity contribution >= 4 is 28.9 Å². The number of benzene rings is 1. The molecule has 0 saturated heterocycles. The Labute approximate surface area is 121 Å². The highest BCUT2D eigenvalue weighted by Gasteiger charge is 2.10. The van der Waals surface area contributed by atoms with Crippen molar-refractivity contribution < 1.29 is 4.39 Å². The monoisotopic (exact) mass is 298 g/mol. The van der Waals surface area contributed by atoms with Crippen LogP contribution in [0.5, 0.6) is 0 Å². The second-order valence-corrected chi connectivity index (χ2v) is 5.16. The van der Waals surface area contributed by atoms with E-state index in [1.807, 2.05) is 13.8 Å². The number of pyridine rings is 1. The molecule has 1 N–H and O–H groups in total. The van der Waals surface area contributed by atoms with Crippen LogP contribution in [0.1, 0.15) is 24.2 Å². The number of halogens is 3. The fourth-order valence-corrected chi connectivity index (χ4v) is 2.14. The Morgan fingerprint density at radius 1 is 1.21 bits per heavy atom. The lowest BCUT2D eigenvalue weighted by molar-refractivity contribution is 0.617. The minimum Gasteiger partial charge on any atom is -0.376 e. The third kappa shape index (κ3) is 3.37. The standard InChI is InChI=1S/C14H13Cl2FN2/c1-8-5-12(16)14(6-11(8)15)19-9(2)13-4-3-10(17)7-18-13/h3-7,9,19H,1-2H3. The molecule has 1 heterocycles. The van der Waals surface area contributed by atoms with Crippen LogP contribution in [0.15, 0.2) is 30.5 Å². The topological polar surface area (TPSA) is 24.9 Å². The Balaban J connectivity index is 2.21. The molecule has 1 atom stereocenters. The van der Waals surface area contributed by atoms with Gasteiger partial charge >= 0.3 is 0 Å². The molecule has 0 aliphatic carbocycles. The van der Waals surface area contributed by atoms with Crippen molar-refractivity contribution in [2.75, 3.05) is 5.32 Å². The molecule has 1 unspecified atom stereocenters. The second-order valence-electron chi connectivity index (χ2n) is 4.35. The first kappa shape index (κ1) is 14.1. The number of hydrogen-bond donors (Lipinski definition) is 1. The maximum absolute atomic E-state index is 12.8. The van der Waals surface area contributed by atoms with Crippen LogP contribution in [0.4, 0.5) is 10.1 Å². The van der Waals surface area contributed by atoms with Crippen LogP contribution in [-0.2, 0) is 0 Å². The first-order valence-electron chi connectivity index (χ1n) is 5.81. The molecule has 0 fully saturated rings. The molecule has 5 heteroatoms. The molecule has 19 heavy (non-hydrogen) atoms. The third-order valence-electron chi connectivity index (χ3n) is 2.81. The Hall–Kier alpha value is -1.32. The van der Waals surface area contributed by atoms with Gasteiger partial charge in [-0.25, -0.2) is 4.39 Å². The molecule has 0 radical (unpaired) electrons. The zero-order valence-corrected chi connectivity index (χ0v) is 12.1. The molecule has 2 aromatic rings. The van der Waals surface area contributed by atoms with Crippen molar-refractivity contribution in [2.24, 2.45) is 0 Å². The van der Waals surface area contributed by atoms with E-state index < -0.39 is 0 Å². The van der Waals surface area contributed by atoms with Gasteiger partial charge in [0.1, 0.15) is 5.82 Å². The van der Waals surface area contributed by atoms with Gasteiger partial charge in [0.15, 0.2) is 0 Å². The summed E-state index contributed by atoms with van der Waals surface area (Å²) in [6.45, 7) is 3.81. The summed E-state index contributed by atoms with van der Waals surface area (Å²) in [5.74, 6) is -0.354. The zero-order chi connectivity index (χ0) is 14.0. The minimum atomic E-state index is -0.354. The van der Waals surface area contributed by atoms with E-state index in [0.717, 1.165) is 16.9 Å². The molecule has 0 aliphatic rings. The van der Waals surface area contributed by atoms with Crippen LogP contribution in [0.25, 0.3) is 0 Å². The van der Waals surface area contributed by atoms with Gasteiger partial charge in [-0.2, -0.15) is 0 Å². The fourth-order valence-electron chi connectivity index (χ4n) is 1.71. The van der Waals surface area contributed by atoms with Crippen molar-refractivity contribution in [2.45, 2.75) is 19.9 Å². The molecule has 0 bridgehead atoms. The van der Waals surface area contributed by atoms with Gasteiger partial charge in [-0.05, 0) is 43.7 Å². The number of aryl methyl sites for hydroxylation is 1. The van der Waals surface area contributed by atoms with Gasteiger partial charge < -0.3 is 5.32 Å². The predicted octanol–water partition coefficient (Wildman–Crippen LogP) is 5.01. The molecule has 100 valence electrons. The smallest absolute Gasteiger partial charge is 0.141 e. The van der Waals surface area contributed by atoms with E-state index in [-0.39, 0.29) is 11.9 Å². The van der Waals surface area contributed by atoms with Gasteiger partial charge in [-0.15, -0.1) is 0 Å². The van der Waals surface area contributed by atoms with Gasteiger partial charge in [0.05, 0.1) is 28.6 Å². The van der Waals surface area contributed by atoms with Crippen LogP contribution in [0.3, 0.4) is 0 Å². The summed E-state index contributed by atoms with van der Waals surface area (Å²) in [5.41, 5.74) is 2.38. The van der Waals surface area contributed by atoms with E-state index in [1.165, 1.54) is 12.3 Å². The average molecular weight is 299 g/mol. The fraction of sp³-hybridized carbons (Fsp3) is 0.214. The van der Waals surface area contributed by atoms with E-state index in [1.54, 1.807) is 18.2 Å². The summed E-state index contributed by atoms with van der Waals surface area (Å²) in [5, 5.41) is 4.45. The number of rotatable bonds is 3. The van der Waals surface area contributed by atoms with E-state index in [2.05, 4.69) is 10.3 Å². The normalized spacial score (nSPS) is 12.3. The number of hydrogen-bond acceptors (Lipinski definition) is 2. The van der Waals surface area contributed by atoms with Crippen molar-refractivity contribution in [1.82, 2.24) is 4.98 Å². The van der Waals surface area contributed by atoms with Crippen LogP contribution >= 0.6 is 23.2 Å². The Kier molecular flexibility index (Phi) is 4.27. The summed E-state index contributed by atoms with van der Waals surface area (Å²) in [6, 6.07) is 6.49. The number of nitrogens with one attached hydrogen (secondary N) is 1. The van der Waals surface area contributed by atoms with Gasteiger partial charge in [0, 0.05) is 5.02 Å². The quantitative estimate of drug-likeness (QED) is 0.861. The van der Waals surface area contributed by atoms with E-state index >= 15 is 0 Å². The molecule has 2 rings (SSSR count). The average Bonchev–Trinajstić information content (AvgIpc) is 2.36. The molecule has 1 aromatic heterocycles. The maximum Gasteiger partial charge on any atom is 0.141 e. The van der Waals surface area contributed by atoms with Crippen LogP contribution in [0, 0.1) is 12.7 Å². The first-order valence-corrected chi connectivity index (χ1v) is 6.56. The summed E-state index contributed by atoms with van der Waals surface area (Å²) in [4.78, 5) is 4.03. The van der Waals surface area contributed by atoms with Crippen molar-refractivity contribution in [1.29, 1.82) is 0 Å². The molecular weight excluding hydrogens is 286 g/mol. The molecule has 0 amide bonds. The Morgan fingerprint density at radius 2 is 1.95 bits per heavy atom. The largest absolute Gasteiger partial charge is 0.376 e. The van der Waals surface area contributed by atoms with Crippen molar-refractivity contribution in [3.63, 3.8) is 0 Å². The summed E-state index contributed by atoms with van der Waals surface area (Å²) in [7, 11) is 0. The summed E-state index contributed by atoms with van der Waals surface area (Å²) < 4.78 is 12.8. The maximum atomic E-state index is 12.8. The highest BCUT2D eigenvalue weighted by molar-refractivity contribution is 6.35. The van der Waals surface area contributed by atoms with Crippen LogP contribution in [-0.4, -0.2) is 4.98 Å². The third-order valence-corrected chi connectivity index (χ3v) is 3.53.